The van der Waals surface area contributed by atoms with Crippen molar-refractivity contribution < 1.29 is 13.2 Å². The van der Waals surface area contributed by atoms with E-state index in [1.165, 1.54) is 17.4 Å². The van der Waals surface area contributed by atoms with Gasteiger partial charge in [-0.05, 0) is 63.8 Å². The van der Waals surface area contributed by atoms with Gasteiger partial charge in [0, 0.05) is 12.8 Å². The molecule has 0 saturated heterocycles. The van der Waals surface area contributed by atoms with Crippen LogP contribution in [-0.2, 0) is 9.84 Å². The Bertz CT molecular complexity index is 1140. The van der Waals surface area contributed by atoms with Crippen molar-refractivity contribution in [3.05, 3.63) is 53.6 Å². The van der Waals surface area contributed by atoms with Crippen molar-refractivity contribution >= 4 is 54.8 Å². The van der Waals surface area contributed by atoms with Gasteiger partial charge in [-0.1, -0.05) is 29.5 Å². The molecule has 9 heteroatoms. The normalized spacial score (nSPS) is 11.5. The molecule has 162 valence electrons. The monoisotopic (exact) mass is 467 g/mol. The third-order valence-electron chi connectivity index (χ3n) is 4.51. The number of thiazole rings is 1. The highest BCUT2D eigenvalue weighted by Crippen LogP contribution is 2.31. The van der Waals surface area contributed by atoms with Gasteiger partial charge in [0.2, 0.25) is 0 Å². The van der Waals surface area contributed by atoms with E-state index in [2.05, 4.69) is 9.88 Å². The molecular weight excluding hydrogens is 442 g/mol. The SMILES string of the molecule is Cc1ccc2nc(N(CCCN(C)C)C(=O)c3ccccc3S(C)(=O)=O)sc2c1.Cl. The fraction of sp³-hybridized carbons (Fsp3) is 0.333. The third kappa shape index (κ3) is 5.57. The average molecular weight is 468 g/mol. The molecule has 0 unspecified atom stereocenters. The number of hydrogen-bond donors (Lipinski definition) is 0. The van der Waals surface area contributed by atoms with Crippen molar-refractivity contribution in [2.24, 2.45) is 0 Å². The van der Waals surface area contributed by atoms with Crippen LogP contribution in [0.15, 0.2) is 47.4 Å². The molecule has 0 aliphatic heterocycles. The molecule has 6 nitrogen and oxygen atoms in total. The van der Waals surface area contributed by atoms with Crippen molar-refractivity contribution in [1.82, 2.24) is 9.88 Å². The number of fused-ring (bicyclic) bond motifs is 1. The predicted octanol–water partition coefficient (Wildman–Crippen LogP) is 4.03. The number of carbonyl (C=O) groups excluding carboxylic acids is 1. The molecular formula is C21H26ClN3O3S2. The van der Waals surface area contributed by atoms with Crippen LogP contribution >= 0.6 is 23.7 Å². The van der Waals surface area contributed by atoms with Gasteiger partial charge in [-0.15, -0.1) is 12.4 Å². The molecule has 0 bridgehead atoms. The minimum atomic E-state index is -3.53. The Morgan fingerprint density at radius 3 is 2.47 bits per heavy atom. The van der Waals surface area contributed by atoms with E-state index in [4.69, 9.17) is 0 Å². The van der Waals surface area contributed by atoms with Gasteiger partial charge in [0.1, 0.15) is 0 Å². The lowest BCUT2D eigenvalue weighted by Crippen LogP contribution is -2.34. The summed E-state index contributed by atoms with van der Waals surface area (Å²) >= 11 is 1.45. The number of anilines is 1. The van der Waals surface area contributed by atoms with Crippen LogP contribution in [0.3, 0.4) is 0 Å². The van der Waals surface area contributed by atoms with Gasteiger partial charge in [0.05, 0.1) is 20.7 Å². The molecule has 0 N–H and O–H groups in total. The summed E-state index contributed by atoms with van der Waals surface area (Å²) in [5.74, 6) is -0.347. The summed E-state index contributed by atoms with van der Waals surface area (Å²) < 4.78 is 25.4. The number of aryl methyl sites for hydroxylation is 1. The lowest BCUT2D eigenvalue weighted by atomic mass is 10.2. The summed E-state index contributed by atoms with van der Waals surface area (Å²) in [6, 6.07) is 12.3. The summed E-state index contributed by atoms with van der Waals surface area (Å²) in [6.07, 6.45) is 1.87. The van der Waals surface area contributed by atoms with E-state index >= 15 is 0 Å². The number of sulfone groups is 1. The van der Waals surface area contributed by atoms with E-state index < -0.39 is 9.84 Å². The summed E-state index contributed by atoms with van der Waals surface area (Å²) in [6.45, 7) is 3.27. The number of carbonyl (C=O) groups is 1. The van der Waals surface area contributed by atoms with Crippen LogP contribution in [0.25, 0.3) is 10.2 Å². The van der Waals surface area contributed by atoms with Crippen molar-refractivity contribution in [1.29, 1.82) is 0 Å². The molecule has 30 heavy (non-hydrogen) atoms. The molecule has 0 radical (unpaired) electrons. The lowest BCUT2D eigenvalue weighted by molar-refractivity contribution is 0.0983. The zero-order chi connectivity index (χ0) is 21.2. The van der Waals surface area contributed by atoms with Gasteiger partial charge in [-0.25, -0.2) is 13.4 Å². The second-order valence-corrected chi connectivity index (χ2v) is 10.3. The van der Waals surface area contributed by atoms with E-state index in [0.717, 1.165) is 35.0 Å². The maximum atomic E-state index is 13.4. The zero-order valence-corrected chi connectivity index (χ0v) is 19.9. The van der Waals surface area contributed by atoms with E-state index in [0.29, 0.717) is 11.7 Å². The summed E-state index contributed by atoms with van der Waals surface area (Å²) in [7, 11) is 0.424. The molecule has 0 saturated carbocycles. The first-order valence-corrected chi connectivity index (χ1v) is 12.0. The first kappa shape index (κ1) is 24.3. The minimum absolute atomic E-state index is 0. The third-order valence-corrected chi connectivity index (χ3v) is 6.71. The first-order valence-electron chi connectivity index (χ1n) is 9.29. The van der Waals surface area contributed by atoms with Gasteiger partial charge in [-0.2, -0.15) is 0 Å². The second kappa shape index (κ2) is 9.87. The quantitative estimate of drug-likeness (QED) is 0.524. The van der Waals surface area contributed by atoms with Crippen molar-refractivity contribution in [2.75, 3.05) is 38.3 Å². The number of nitrogens with zero attached hydrogens (tertiary/aromatic N) is 3. The maximum absolute atomic E-state index is 13.4. The molecule has 1 heterocycles. The number of amides is 1. The lowest BCUT2D eigenvalue weighted by Gasteiger charge is -2.22. The van der Waals surface area contributed by atoms with Gasteiger partial charge in [-0.3, -0.25) is 9.69 Å². The summed E-state index contributed by atoms with van der Waals surface area (Å²) in [5.41, 5.74) is 2.13. The predicted molar refractivity (Wildman–Crippen MR) is 126 cm³/mol. The molecule has 0 aliphatic rings. The standard InChI is InChI=1S/C21H25N3O3S2.ClH/c1-15-10-11-17-18(14-15)28-21(22-17)24(13-7-12-23(2)3)20(25)16-8-5-6-9-19(16)29(4,26)27;/h5-6,8-11,14H,7,12-13H2,1-4H3;1H. The summed E-state index contributed by atoms with van der Waals surface area (Å²) in [4.78, 5) is 21.8. The summed E-state index contributed by atoms with van der Waals surface area (Å²) in [5, 5.41) is 0.581. The molecule has 1 aromatic heterocycles. The van der Waals surface area contributed by atoms with E-state index in [9.17, 15) is 13.2 Å². The van der Waals surface area contributed by atoms with Crippen LogP contribution in [0.1, 0.15) is 22.3 Å². The molecule has 0 atom stereocenters. The Morgan fingerprint density at radius 1 is 1.10 bits per heavy atom. The highest BCUT2D eigenvalue weighted by Gasteiger charge is 2.26. The van der Waals surface area contributed by atoms with Gasteiger partial charge >= 0.3 is 0 Å². The van der Waals surface area contributed by atoms with Crippen LogP contribution < -0.4 is 4.90 Å². The van der Waals surface area contributed by atoms with Gasteiger partial charge in [0.25, 0.3) is 5.91 Å². The van der Waals surface area contributed by atoms with E-state index in [-0.39, 0.29) is 28.8 Å². The maximum Gasteiger partial charge on any atom is 0.261 e. The molecule has 3 aromatic rings. The van der Waals surface area contributed by atoms with Crippen LogP contribution in [0.5, 0.6) is 0 Å². The van der Waals surface area contributed by atoms with Crippen molar-refractivity contribution in [2.45, 2.75) is 18.2 Å². The molecule has 1 amide bonds. The number of aromatic nitrogens is 1. The molecule has 0 spiro atoms. The molecule has 0 aliphatic carbocycles. The van der Waals surface area contributed by atoms with Crippen LogP contribution in [0.2, 0.25) is 0 Å². The number of hydrogen-bond acceptors (Lipinski definition) is 6. The number of halogens is 1. The number of rotatable bonds is 7. The largest absolute Gasteiger partial charge is 0.309 e. The van der Waals surface area contributed by atoms with Gasteiger partial charge < -0.3 is 4.90 Å². The zero-order valence-electron chi connectivity index (χ0n) is 17.5. The van der Waals surface area contributed by atoms with E-state index in [1.807, 2.05) is 39.2 Å². The second-order valence-electron chi connectivity index (χ2n) is 7.35. The van der Waals surface area contributed by atoms with Crippen molar-refractivity contribution in [3.8, 4) is 0 Å². The smallest absolute Gasteiger partial charge is 0.261 e. The van der Waals surface area contributed by atoms with E-state index in [1.54, 1.807) is 23.1 Å². The molecule has 2 aromatic carbocycles. The Labute approximate surface area is 187 Å². The van der Waals surface area contributed by atoms with Gasteiger partial charge in [0.15, 0.2) is 15.0 Å². The Morgan fingerprint density at radius 2 is 1.80 bits per heavy atom. The first-order chi connectivity index (χ1) is 13.7. The Kier molecular flexibility index (Phi) is 7.99. The molecule has 0 fully saturated rings. The fourth-order valence-electron chi connectivity index (χ4n) is 3.08. The minimum Gasteiger partial charge on any atom is -0.309 e. The number of benzene rings is 2. The average Bonchev–Trinajstić information content (AvgIpc) is 3.06. The Hall–Kier alpha value is -2.00. The highest BCUT2D eigenvalue weighted by molar-refractivity contribution is 7.90. The van der Waals surface area contributed by atoms with Crippen LogP contribution in [0.4, 0.5) is 5.13 Å². The topological polar surface area (TPSA) is 70.6 Å². The van der Waals surface area contributed by atoms with Crippen LogP contribution in [-0.4, -0.2) is 57.6 Å². The highest BCUT2D eigenvalue weighted by atomic mass is 35.5. The Balaban J connectivity index is 0.00000320. The van der Waals surface area contributed by atoms with Crippen molar-refractivity contribution in [3.63, 3.8) is 0 Å². The van der Waals surface area contributed by atoms with Crippen LogP contribution in [0, 0.1) is 6.92 Å². The molecule has 3 rings (SSSR count). The fourth-order valence-corrected chi connectivity index (χ4v) is 5.05.